The van der Waals surface area contributed by atoms with E-state index < -0.39 is 5.97 Å². The molecule has 2 aliphatic heterocycles. The number of carboxylic acid groups (broad SMARTS) is 1. The van der Waals surface area contributed by atoms with E-state index in [1.807, 2.05) is 36.4 Å². The van der Waals surface area contributed by atoms with Crippen LogP contribution in [0.1, 0.15) is 22.3 Å². The second-order valence-corrected chi connectivity index (χ2v) is 13.0. The number of carbonyl (C=O) groups excluding carboxylic acids is 1. The van der Waals surface area contributed by atoms with Crippen molar-refractivity contribution in [3.8, 4) is 28.4 Å². The van der Waals surface area contributed by atoms with Crippen LogP contribution in [0.4, 0.5) is 0 Å². The summed E-state index contributed by atoms with van der Waals surface area (Å²) in [5.74, 6) is 0.188. The van der Waals surface area contributed by atoms with Gasteiger partial charge in [0.1, 0.15) is 16.7 Å². The second kappa shape index (κ2) is 16.0. The highest BCUT2D eigenvalue weighted by atomic mass is 35.5. The molecule has 0 saturated carbocycles. The first-order chi connectivity index (χ1) is 22.2. The lowest BCUT2D eigenvalue weighted by molar-refractivity contribution is -0.122. The highest BCUT2D eigenvalue weighted by Crippen LogP contribution is 2.37. The van der Waals surface area contributed by atoms with E-state index in [2.05, 4.69) is 4.90 Å². The molecule has 242 valence electrons. The molecule has 13 heteroatoms. The van der Waals surface area contributed by atoms with Crippen LogP contribution in [0.15, 0.2) is 59.5 Å². The normalized spacial score (nSPS) is 16.2. The molecule has 0 radical (unpaired) electrons. The molecule has 2 aliphatic rings. The van der Waals surface area contributed by atoms with Gasteiger partial charge in [-0.25, -0.2) is 4.79 Å². The Hall–Kier alpha value is -3.32. The van der Waals surface area contributed by atoms with Crippen LogP contribution in [0.3, 0.4) is 0 Å². The number of morpholine rings is 1. The summed E-state index contributed by atoms with van der Waals surface area (Å²) in [4.78, 5) is 28.9. The van der Waals surface area contributed by atoms with Crippen LogP contribution in [0.25, 0.3) is 17.2 Å². The predicted octanol–water partition coefficient (Wildman–Crippen LogP) is 6.75. The van der Waals surface area contributed by atoms with Crippen LogP contribution < -0.4 is 14.2 Å². The zero-order valence-corrected chi connectivity index (χ0v) is 28.1. The molecule has 5 rings (SSSR count). The fraction of sp³-hybridized carbons (Fsp3) is 0.303. The third-order valence-corrected chi connectivity index (χ3v) is 9.13. The number of thioether (sulfide) groups is 1. The van der Waals surface area contributed by atoms with Crippen molar-refractivity contribution in [2.75, 3.05) is 59.7 Å². The second-order valence-electron chi connectivity index (χ2n) is 10.4. The maximum absolute atomic E-state index is 13.3. The minimum atomic E-state index is -1.05. The van der Waals surface area contributed by atoms with Gasteiger partial charge in [-0.3, -0.25) is 14.6 Å². The maximum atomic E-state index is 13.3. The molecule has 3 aromatic carbocycles. The first-order valence-electron chi connectivity index (χ1n) is 14.5. The number of amides is 1. The van der Waals surface area contributed by atoms with E-state index in [9.17, 15) is 14.7 Å². The quantitative estimate of drug-likeness (QED) is 0.117. The largest absolute Gasteiger partial charge is 0.493 e. The Balaban J connectivity index is 1.26. The molecule has 3 aromatic rings. The van der Waals surface area contributed by atoms with Gasteiger partial charge in [-0.05, 0) is 72.2 Å². The first-order valence-corrected chi connectivity index (χ1v) is 16.5. The number of halogens is 2. The van der Waals surface area contributed by atoms with Crippen molar-refractivity contribution in [3.05, 3.63) is 80.7 Å². The first kappa shape index (κ1) is 34.0. The Morgan fingerprint density at radius 3 is 2.41 bits per heavy atom. The van der Waals surface area contributed by atoms with Crippen LogP contribution in [0, 0.1) is 0 Å². The third-order valence-electron chi connectivity index (χ3n) is 7.31. The monoisotopic (exact) mass is 702 g/mol. The molecular formula is C33H32Cl2N2O7S2. The number of hydrogen-bond acceptors (Lipinski definition) is 9. The molecule has 0 atom stereocenters. The molecule has 1 N–H and O–H groups in total. The van der Waals surface area contributed by atoms with Crippen molar-refractivity contribution < 1.29 is 33.6 Å². The molecular weight excluding hydrogens is 671 g/mol. The van der Waals surface area contributed by atoms with E-state index in [0.717, 1.165) is 49.5 Å². The lowest BCUT2D eigenvalue weighted by Crippen LogP contribution is -2.38. The molecule has 9 nitrogen and oxygen atoms in total. The van der Waals surface area contributed by atoms with Crippen LogP contribution in [0.5, 0.6) is 17.2 Å². The van der Waals surface area contributed by atoms with E-state index in [1.54, 1.807) is 17.0 Å². The summed E-state index contributed by atoms with van der Waals surface area (Å²) in [5, 5.41) is 10.2. The fourth-order valence-corrected chi connectivity index (χ4v) is 6.81. The Morgan fingerprint density at radius 1 is 0.978 bits per heavy atom. The van der Waals surface area contributed by atoms with Gasteiger partial charge in [0.25, 0.3) is 5.91 Å². The van der Waals surface area contributed by atoms with Crippen molar-refractivity contribution >= 4 is 69.5 Å². The number of ether oxygens (including phenoxy) is 4. The zero-order chi connectivity index (χ0) is 32.6. The summed E-state index contributed by atoms with van der Waals surface area (Å²) in [6, 6.07) is 15.5. The summed E-state index contributed by atoms with van der Waals surface area (Å²) in [7, 11) is 1.45. The van der Waals surface area contributed by atoms with Gasteiger partial charge in [0.2, 0.25) is 0 Å². The molecule has 46 heavy (non-hydrogen) atoms. The third kappa shape index (κ3) is 8.72. The van der Waals surface area contributed by atoms with Gasteiger partial charge in [-0.15, -0.1) is 0 Å². The van der Waals surface area contributed by atoms with Crippen molar-refractivity contribution in [1.29, 1.82) is 0 Å². The topological polar surface area (TPSA) is 97.8 Å². The highest BCUT2D eigenvalue weighted by Gasteiger charge is 2.31. The Kier molecular flexibility index (Phi) is 11.8. The molecule has 0 aromatic heterocycles. The van der Waals surface area contributed by atoms with Gasteiger partial charge < -0.3 is 24.1 Å². The van der Waals surface area contributed by atoms with E-state index in [4.69, 9.17) is 54.4 Å². The number of nitrogens with zero attached hydrogens (tertiary/aromatic N) is 2. The number of methoxy groups -OCH3 is 1. The lowest BCUT2D eigenvalue weighted by Gasteiger charge is -2.26. The summed E-state index contributed by atoms with van der Waals surface area (Å²) < 4.78 is 23.2. The molecule has 0 unspecified atom stereocenters. The molecule has 2 heterocycles. The van der Waals surface area contributed by atoms with Gasteiger partial charge in [-0.2, -0.15) is 0 Å². The van der Waals surface area contributed by atoms with Crippen molar-refractivity contribution in [3.63, 3.8) is 0 Å². The zero-order valence-electron chi connectivity index (χ0n) is 25.0. The standard InChI is InChI=1S/C33H32Cl2N2O7S2/c1-41-29-19-22(32(39)40)4-6-28(29)43-11-2-7-37-31(38)30(46-33(37)45)16-21-3-5-27(44-14-10-36-8-12-42-13-9-36)26(15-21)23-17-24(34)20-25(35)18-23/h3-6,15-20H,2,7-14H2,1H3,(H,39,40). The van der Waals surface area contributed by atoms with Crippen LogP contribution in [-0.4, -0.2) is 90.8 Å². The molecule has 0 aliphatic carbocycles. The van der Waals surface area contributed by atoms with Crippen LogP contribution >= 0.6 is 47.2 Å². The van der Waals surface area contributed by atoms with Gasteiger partial charge in [-0.1, -0.05) is 53.2 Å². The highest BCUT2D eigenvalue weighted by molar-refractivity contribution is 8.26. The van der Waals surface area contributed by atoms with Gasteiger partial charge in [0, 0.05) is 41.8 Å². The SMILES string of the molecule is COc1cc(C(=O)O)ccc1OCCCN1C(=O)C(=Cc2ccc(OCCN3CCOCC3)c(-c3cc(Cl)cc(Cl)c3)c2)SC1=S. The smallest absolute Gasteiger partial charge is 0.335 e. The van der Waals surface area contributed by atoms with E-state index in [1.165, 1.54) is 31.0 Å². The van der Waals surface area contributed by atoms with Crippen LogP contribution in [-0.2, 0) is 9.53 Å². The van der Waals surface area contributed by atoms with Gasteiger partial charge in [0.15, 0.2) is 11.5 Å². The summed E-state index contributed by atoms with van der Waals surface area (Å²) >= 11 is 19.5. The average molecular weight is 704 g/mol. The summed E-state index contributed by atoms with van der Waals surface area (Å²) in [6.45, 7) is 5.11. The number of aromatic carboxylic acids is 1. The predicted molar refractivity (Wildman–Crippen MR) is 185 cm³/mol. The minimum Gasteiger partial charge on any atom is -0.493 e. The average Bonchev–Trinajstić information content (AvgIpc) is 3.30. The van der Waals surface area contributed by atoms with Crippen LogP contribution in [0.2, 0.25) is 10.0 Å². The van der Waals surface area contributed by atoms with Crippen molar-refractivity contribution in [2.45, 2.75) is 6.42 Å². The lowest BCUT2D eigenvalue weighted by atomic mass is 10.0. The number of carboxylic acids is 1. The van der Waals surface area contributed by atoms with Gasteiger partial charge in [0.05, 0.1) is 37.4 Å². The molecule has 2 saturated heterocycles. The molecule has 2 fully saturated rings. The fourth-order valence-electron chi connectivity index (χ4n) is 4.98. The number of thiocarbonyl (C=S) groups is 1. The Bertz CT molecular complexity index is 1630. The van der Waals surface area contributed by atoms with E-state index in [0.29, 0.717) is 56.1 Å². The Morgan fingerprint density at radius 2 is 1.70 bits per heavy atom. The number of rotatable bonds is 13. The molecule has 0 bridgehead atoms. The number of hydrogen-bond donors (Lipinski definition) is 1. The van der Waals surface area contributed by atoms with Crippen molar-refractivity contribution in [1.82, 2.24) is 9.80 Å². The summed E-state index contributed by atoms with van der Waals surface area (Å²) in [5.41, 5.74) is 2.51. The summed E-state index contributed by atoms with van der Waals surface area (Å²) in [6.07, 6.45) is 2.32. The minimum absolute atomic E-state index is 0.1000. The van der Waals surface area contributed by atoms with E-state index in [-0.39, 0.29) is 18.1 Å². The van der Waals surface area contributed by atoms with E-state index >= 15 is 0 Å². The molecule has 0 spiro atoms. The Labute approximate surface area is 286 Å². The molecule has 1 amide bonds. The number of carbonyl (C=O) groups is 2. The van der Waals surface area contributed by atoms with Gasteiger partial charge >= 0.3 is 5.97 Å². The maximum Gasteiger partial charge on any atom is 0.335 e. The number of benzene rings is 3. The van der Waals surface area contributed by atoms with Crippen molar-refractivity contribution in [2.24, 2.45) is 0 Å².